The minimum atomic E-state index is -0.682. The van der Waals surface area contributed by atoms with Crippen molar-refractivity contribution in [3.8, 4) is 0 Å². The fraction of sp³-hybridized carbons (Fsp3) is 0.556. The van der Waals surface area contributed by atoms with E-state index >= 15 is 0 Å². The molecule has 0 heterocycles. The number of aliphatic hydroxyl groups is 1. The molecule has 1 heteroatoms. The van der Waals surface area contributed by atoms with Crippen LogP contribution in [0.1, 0.15) is 27.2 Å². The van der Waals surface area contributed by atoms with Crippen molar-refractivity contribution < 1.29 is 5.11 Å². The fourth-order valence-electron chi connectivity index (χ4n) is 0.506. The first kappa shape index (κ1) is 9.44. The Balaban J connectivity index is 3.66. The van der Waals surface area contributed by atoms with Gasteiger partial charge in [0.05, 0.1) is 5.60 Å². The average molecular weight is 140 g/mol. The van der Waals surface area contributed by atoms with Crippen LogP contribution in [0.5, 0.6) is 0 Å². The van der Waals surface area contributed by atoms with Gasteiger partial charge in [-0.15, -0.1) is 0 Å². The number of hydrogen-bond donors (Lipinski definition) is 1. The number of hydrogen-bond acceptors (Lipinski definition) is 1. The Labute approximate surface area is 63.1 Å². The second kappa shape index (κ2) is 4.29. The van der Waals surface area contributed by atoms with Gasteiger partial charge in [-0.25, -0.2) is 0 Å². The van der Waals surface area contributed by atoms with Gasteiger partial charge in [0.25, 0.3) is 0 Å². The van der Waals surface area contributed by atoms with Crippen molar-refractivity contribution in [1.82, 2.24) is 0 Å². The first-order valence-electron chi connectivity index (χ1n) is 3.63. The molecule has 0 bridgehead atoms. The van der Waals surface area contributed by atoms with Crippen molar-refractivity contribution >= 4 is 0 Å². The molecule has 1 N–H and O–H groups in total. The van der Waals surface area contributed by atoms with E-state index in [9.17, 15) is 5.11 Å². The Bertz CT molecular complexity index is 126. The first-order valence-corrected chi connectivity index (χ1v) is 3.63. The summed E-state index contributed by atoms with van der Waals surface area (Å²) in [7, 11) is 0. The van der Waals surface area contributed by atoms with E-state index < -0.39 is 5.60 Å². The Kier molecular flexibility index (Phi) is 4.05. The van der Waals surface area contributed by atoms with Gasteiger partial charge >= 0.3 is 0 Å². The van der Waals surface area contributed by atoms with E-state index in [1.165, 1.54) is 0 Å². The van der Waals surface area contributed by atoms with Gasteiger partial charge in [0.15, 0.2) is 0 Å². The van der Waals surface area contributed by atoms with Gasteiger partial charge in [-0.2, -0.15) is 0 Å². The van der Waals surface area contributed by atoms with Crippen molar-refractivity contribution in [3.63, 3.8) is 0 Å². The lowest BCUT2D eigenvalue weighted by Gasteiger charge is -2.08. The SMILES string of the molecule is CCC=CC=CC(C)(C)O. The largest absolute Gasteiger partial charge is 0.386 e. The zero-order valence-corrected chi connectivity index (χ0v) is 6.96. The van der Waals surface area contributed by atoms with Crippen LogP contribution in [0.2, 0.25) is 0 Å². The van der Waals surface area contributed by atoms with Crippen LogP contribution in [0.4, 0.5) is 0 Å². The molecular weight excluding hydrogens is 124 g/mol. The summed E-state index contributed by atoms with van der Waals surface area (Å²) in [6.45, 7) is 5.58. The molecule has 0 amide bonds. The maximum Gasteiger partial charge on any atom is 0.0774 e. The lowest BCUT2D eigenvalue weighted by molar-refractivity contribution is 0.133. The van der Waals surface area contributed by atoms with Crippen molar-refractivity contribution in [2.75, 3.05) is 0 Å². The lowest BCUT2D eigenvalue weighted by Crippen LogP contribution is -2.13. The van der Waals surface area contributed by atoms with E-state index in [1.54, 1.807) is 19.9 Å². The molecule has 0 spiro atoms. The highest BCUT2D eigenvalue weighted by atomic mass is 16.3. The topological polar surface area (TPSA) is 20.2 Å². The molecule has 0 saturated heterocycles. The third-order valence-electron chi connectivity index (χ3n) is 0.987. The van der Waals surface area contributed by atoms with E-state index in [4.69, 9.17) is 0 Å². The minimum absolute atomic E-state index is 0.682. The average Bonchev–Trinajstić information content (AvgIpc) is 1.78. The predicted molar refractivity (Wildman–Crippen MR) is 44.9 cm³/mol. The molecule has 0 unspecified atom stereocenters. The fourth-order valence-corrected chi connectivity index (χ4v) is 0.506. The van der Waals surface area contributed by atoms with Crippen LogP contribution < -0.4 is 0 Å². The quantitative estimate of drug-likeness (QED) is 0.596. The summed E-state index contributed by atoms with van der Waals surface area (Å²) in [5.41, 5.74) is -0.682. The monoisotopic (exact) mass is 140 g/mol. The van der Waals surface area contributed by atoms with E-state index in [0.717, 1.165) is 6.42 Å². The third kappa shape index (κ3) is 7.44. The van der Waals surface area contributed by atoms with Crippen molar-refractivity contribution in [1.29, 1.82) is 0 Å². The second-order valence-corrected chi connectivity index (χ2v) is 2.85. The normalized spacial score (nSPS) is 13.6. The molecule has 0 aliphatic rings. The standard InChI is InChI=1S/C9H16O/c1-4-5-6-7-8-9(2,3)10/h5-8,10H,4H2,1-3H3. The lowest BCUT2D eigenvalue weighted by atomic mass is 10.1. The molecule has 0 aliphatic carbocycles. The summed E-state index contributed by atoms with van der Waals surface area (Å²) >= 11 is 0. The molecule has 0 saturated carbocycles. The van der Waals surface area contributed by atoms with Gasteiger partial charge < -0.3 is 5.11 Å². The van der Waals surface area contributed by atoms with Crippen LogP contribution in [-0.4, -0.2) is 10.7 Å². The van der Waals surface area contributed by atoms with Gasteiger partial charge in [0.2, 0.25) is 0 Å². The zero-order chi connectivity index (χ0) is 8.04. The third-order valence-corrected chi connectivity index (χ3v) is 0.987. The van der Waals surface area contributed by atoms with Crippen LogP contribution in [0.25, 0.3) is 0 Å². The summed E-state index contributed by atoms with van der Waals surface area (Å²) in [5.74, 6) is 0. The molecule has 1 nitrogen and oxygen atoms in total. The van der Waals surface area contributed by atoms with E-state index in [-0.39, 0.29) is 0 Å². The maximum absolute atomic E-state index is 9.20. The molecule has 0 atom stereocenters. The highest BCUT2D eigenvalue weighted by Crippen LogP contribution is 2.01. The Morgan fingerprint density at radius 1 is 1.30 bits per heavy atom. The van der Waals surface area contributed by atoms with Crippen LogP contribution in [-0.2, 0) is 0 Å². The summed E-state index contributed by atoms with van der Waals surface area (Å²) in [4.78, 5) is 0. The van der Waals surface area contributed by atoms with Crippen molar-refractivity contribution in [2.24, 2.45) is 0 Å². The summed E-state index contributed by atoms with van der Waals surface area (Å²) in [5, 5.41) is 9.20. The van der Waals surface area contributed by atoms with E-state index in [0.29, 0.717) is 0 Å². The molecule has 0 aromatic rings. The van der Waals surface area contributed by atoms with Crippen LogP contribution in [0, 0.1) is 0 Å². The summed E-state index contributed by atoms with van der Waals surface area (Å²) in [6, 6.07) is 0. The van der Waals surface area contributed by atoms with Gasteiger partial charge in [0.1, 0.15) is 0 Å². The number of rotatable bonds is 3. The van der Waals surface area contributed by atoms with Crippen LogP contribution >= 0.6 is 0 Å². The van der Waals surface area contributed by atoms with Gasteiger partial charge in [0, 0.05) is 0 Å². The molecule has 10 heavy (non-hydrogen) atoms. The molecule has 0 aromatic heterocycles. The smallest absolute Gasteiger partial charge is 0.0774 e. The molecule has 0 fully saturated rings. The van der Waals surface area contributed by atoms with Crippen molar-refractivity contribution in [3.05, 3.63) is 24.3 Å². The molecule has 0 aromatic carbocycles. The minimum Gasteiger partial charge on any atom is -0.386 e. The highest BCUT2D eigenvalue weighted by molar-refractivity contribution is 5.07. The Morgan fingerprint density at radius 2 is 1.90 bits per heavy atom. The Hall–Kier alpha value is -0.560. The molecule has 0 radical (unpaired) electrons. The van der Waals surface area contributed by atoms with E-state index in [1.807, 2.05) is 18.2 Å². The van der Waals surface area contributed by atoms with Gasteiger partial charge in [-0.1, -0.05) is 31.2 Å². The molecule has 0 aliphatic heterocycles. The van der Waals surface area contributed by atoms with E-state index in [2.05, 4.69) is 6.92 Å². The van der Waals surface area contributed by atoms with Crippen LogP contribution in [0.15, 0.2) is 24.3 Å². The maximum atomic E-state index is 9.20. The van der Waals surface area contributed by atoms with Crippen LogP contribution in [0.3, 0.4) is 0 Å². The zero-order valence-electron chi connectivity index (χ0n) is 6.96. The summed E-state index contributed by atoms with van der Waals surface area (Å²) in [6.07, 6.45) is 8.65. The summed E-state index contributed by atoms with van der Waals surface area (Å²) < 4.78 is 0. The van der Waals surface area contributed by atoms with Gasteiger partial charge in [-0.3, -0.25) is 0 Å². The number of allylic oxidation sites excluding steroid dienone is 3. The second-order valence-electron chi connectivity index (χ2n) is 2.85. The molecule has 58 valence electrons. The first-order chi connectivity index (χ1) is 4.56. The molecular formula is C9H16O. The Morgan fingerprint density at radius 3 is 2.30 bits per heavy atom. The highest BCUT2D eigenvalue weighted by Gasteiger charge is 2.03. The van der Waals surface area contributed by atoms with Crippen molar-refractivity contribution in [2.45, 2.75) is 32.8 Å². The van der Waals surface area contributed by atoms with Gasteiger partial charge in [-0.05, 0) is 20.3 Å². The predicted octanol–water partition coefficient (Wildman–Crippen LogP) is 2.28. The molecule has 0 rings (SSSR count).